The van der Waals surface area contributed by atoms with E-state index in [1.165, 1.54) is 17.3 Å². The summed E-state index contributed by atoms with van der Waals surface area (Å²) in [6.07, 6.45) is 2.59. The molecular weight excluding hydrogens is 334 g/mol. The van der Waals surface area contributed by atoms with Crippen molar-refractivity contribution in [2.45, 2.75) is 19.1 Å². The minimum absolute atomic E-state index is 0.426. The predicted octanol–water partition coefficient (Wildman–Crippen LogP) is 4.07. The molecule has 5 nitrogen and oxygen atoms in total. The van der Waals surface area contributed by atoms with Gasteiger partial charge >= 0.3 is 0 Å². The van der Waals surface area contributed by atoms with Crippen LogP contribution in [-0.4, -0.2) is 25.1 Å². The SMILES string of the molecule is CCCOc1ccc(C=NN=C(N)SCc2ccccc2)cc1OC. The molecule has 0 aliphatic carbocycles. The molecule has 0 atom stereocenters. The smallest absolute Gasteiger partial charge is 0.180 e. The van der Waals surface area contributed by atoms with Crippen molar-refractivity contribution in [3.05, 3.63) is 59.7 Å². The number of nitrogens with two attached hydrogens (primary N) is 1. The van der Waals surface area contributed by atoms with Crippen LogP contribution in [0.4, 0.5) is 0 Å². The zero-order chi connectivity index (χ0) is 17.9. The maximum atomic E-state index is 5.88. The first kappa shape index (κ1) is 18.9. The molecule has 0 saturated heterocycles. The van der Waals surface area contributed by atoms with Gasteiger partial charge in [0.1, 0.15) is 0 Å². The standard InChI is InChI=1S/C19H23N3O2S/c1-3-11-24-17-10-9-16(12-18(17)23-2)13-21-22-19(20)25-14-15-7-5-4-6-8-15/h4-10,12-13H,3,11,14H2,1-2H3,(H2,20,22). The number of benzene rings is 2. The summed E-state index contributed by atoms with van der Waals surface area (Å²) in [6.45, 7) is 2.72. The second-order valence-corrected chi connectivity index (χ2v) is 6.21. The van der Waals surface area contributed by atoms with Gasteiger partial charge in [-0.1, -0.05) is 49.0 Å². The predicted molar refractivity (Wildman–Crippen MR) is 106 cm³/mol. The molecule has 0 fully saturated rings. The van der Waals surface area contributed by atoms with Gasteiger partial charge in [-0.3, -0.25) is 0 Å². The largest absolute Gasteiger partial charge is 0.493 e. The second-order valence-electron chi connectivity index (χ2n) is 5.22. The van der Waals surface area contributed by atoms with E-state index in [9.17, 15) is 0 Å². The quantitative estimate of drug-likeness (QED) is 0.439. The van der Waals surface area contributed by atoms with Gasteiger partial charge in [0.25, 0.3) is 0 Å². The van der Waals surface area contributed by atoms with E-state index in [0.717, 1.165) is 23.5 Å². The van der Waals surface area contributed by atoms with E-state index in [-0.39, 0.29) is 0 Å². The molecule has 0 heterocycles. The van der Waals surface area contributed by atoms with Crippen LogP contribution >= 0.6 is 11.8 Å². The number of methoxy groups -OCH3 is 1. The Morgan fingerprint density at radius 1 is 1.16 bits per heavy atom. The van der Waals surface area contributed by atoms with Gasteiger partial charge in [-0.15, -0.1) is 5.10 Å². The van der Waals surface area contributed by atoms with E-state index in [0.29, 0.717) is 17.5 Å². The maximum absolute atomic E-state index is 5.88. The van der Waals surface area contributed by atoms with Gasteiger partial charge in [0.15, 0.2) is 16.7 Å². The van der Waals surface area contributed by atoms with Crippen LogP contribution in [0, 0.1) is 0 Å². The molecular formula is C19H23N3O2S. The summed E-state index contributed by atoms with van der Waals surface area (Å²) in [4.78, 5) is 0. The highest BCUT2D eigenvalue weighted by molar-refractivity contribution is 8.13. The van der Waals surface area contributed by atoms with Gasteiger partial charge in [-0.05, 0) is 35.7 Å². The number of rotatable bonds is 8. The van der Waals surface area contributed by atoms with Crippen LogP contribution in [0.2, 0.25) is 0 Å². The summed E-state index contributed by atoms with van der Waals surface area (Å²) < 4.78 is 11.0. The minimum atomic E-state index is 0.426. The van der Waals surface area contributed by atoms with Crippen molar-refractivity contribution in [1.82, 2.24) is 0 Å². The van der Waals surface area contributed by atoms with Crippen molar-refractivity contribution in [3.63, 3.8) is 0 Å². The lowest BCUT2D eigenvalue weighted by molar-refractivity contribution is 0.294. The van der Waals surface area contributed by atoms with E-state index in [1.54, 1.807) is 13.3 Å². The third kappa shape index (κ3) is 6.51. The molecule has 2 rings (SSSR count). The van der Waals surface area contributed by atoms with E-state index >= 15 is 0 Å². The molecule has 132 valence electrons. The van der Waals surface area contributed by atoms with Crippen LogP contribution < -0.4 is 15.2 Å². The Morgan fingerprint density at radius 3 is 2.68 bits per heavy atom. The number of nitrogens with zero attached hydrogens (tertiary/aromatic N) is 2. The zero-order valence-electron chi connectivity index (χ0n) is 14.5. The fraction of sp³-hybridized carbons (Fsp3) is 0.263. The first-order chi connectivity index (χ1) is 12.2. The topological polar surface area (TPSA) is 69.2 Å². The molecule has 0 aliphatic heterocycles. The van der Waals surface area contributed by atoms with E-state index in [4.69, 9.17) is 15.2 Å². The van der Waals surface area contributed by atoms with E-state index < -0.39 is 0 Å². The fourth-order valence-electron chi connectivity index (χ4n) is 2.01. The van der Waals surface area contributed by atoms with Gasteiger partial charge in [0, 0.05) is 5.75 Å². The summed E-state index contributed by atoms with van der Waals surface area (Å²) in [5, 5.41) is 8.48. The van der Waals surface area contributed by atoms with Gasteiger partial charge in [0.05, 0.1) is 19.9 Å². The Hall–Kier alpha value is -2.47. The summed E-state index contributed by atoms with van der Waals surface area (Å²) in [7, 11) is 1.62. The number of ether oxygens (including phenoxy) is 2. The number of hydrogen-bond donors (Lipinski definition) is 1. The molecule has 25 heavy (non-hydrogen) atoms. The van der Waals surface area contributed by atoms with Gasteiger partial charge < -0.3 is 15.2 Å². The molecule has 0 unspecified atom stereocenters. The Balaban J connectivity index is 1.93. The highest BCUT2D eigenvalue weighted by Crippen LogP contribution is 2.27. The zero-order valence-corrected chi connectivity index (χ0v) is 15.3. The van der Waals surface area contributed by atoms with Gasteiger partial charge in [-0.25, -0.2) is 0 Å². The number of thioether (sulfide) groups is 1. The molecule has 0 spiro atoms. The van der Waals surface area contributed by atoms with Gasteiger partial charge in [0.2, 0.25) is 0 Å². The molecule has 0 bridgehead atoms. The Morgan fingerprint density at radius 2 is 1.96 bits per heavy atom. The maximum Gasteiger partial charge on any atom is 0.180 e. The Labute approximate surface area is 152 Å². The monoisotopic (exact) mass is 357 g/mol. The Kier molecular flexibility index (Phi) is 7.85. The van der Waals surface area contributed by atoms with Crippen LogP contribution in [0.3, 0.4) is 0 Å². The van der Waals surface area contributed by atoms with Crippen LogP contribution in [0.25, 0.3) is 0 Å². The molecule has 0 amide bonds. The lowest BCUT2D eigenvalue weighted by Gasteiger charge is -2.10. The Bertz CT molecular complexity index is 718. The average molecular weight is 357 g/mol. The number of amidine groups is 1. The highest BCUT2D eigenvalue weighted by Gasteiger charge is 2.04. The molecule has 6 heteroatoms. The van der Waals surface area contributed by atoms with Gasteiger partial charge in [-0.2, -0.15) is 5.10 Å². The van der Waals surface area contributed by atoms with Crippen LogP contribution in [-0.2, 0) is 5.75 Å². The molecule has 2 aromatic carbocycles. The summed E-state index contributed by atoms with van der Waals surface area (Å²) >= 11 is 1.45. The third-order valence-corrected chi connectivity index (χ3v) is 4.10. The first-order valence-electron chi connectivity index (χ1n) is 8.07. The lowest BCUT2D eigenvalue weighted by Crippen LogP contribution is -2.06. The van der Waals surface area contributed by atoms with E-state index in [1.807, 2.05) is 36.4 Å². The first-order valence-corrected chi connectivity index (χ1v) is 9.05. The summed E-state index contributed by atoms with van der Waals surface area (Å²) in [5.74, 6) is 2.17. The summed E-state index contributed by atoms with van der Waals surface area (Å²) in [5.41, 5.74) is 7.94. The number of hydrogen-bond acceptors (Lipinski definition) is 5. The van der Waals surface area contributed by atoms with Crippen molar-refractivity contribution < 1.29 is 9.47 Å². The average Bonchev–Trinajstić information content (AvgIpc) is 2.66. The van der Waals surface area contributed by atoms with Crippen LogP contribution in [0.15, 0.2) is 58.7 Å². The molecule has 0 aliphatic rings. The summed E-state index contributed by atoms with van der Waals surface area (Å²) in [6, 6.07) is 15.7. The minimum Gasteiger partial charge on any atom is -0.493 e. The molecule has 2 aromatic rings. The van der Waals surface area contributed by atoms with Crippen LogP contribution in [0.5, 0.6) is 11.5 Å². The van der Waals surface area contributed by atoms with E-state index in [2.05, 4.69) is 29.3 Å². The molecule has 0 aromatic heterocycles. The van der Waals surface area contributed by atoms with Crippen molar-refractivity contribution >= 4 is 23.1 Å². The molecule has 0 saturated carbocycles. The fourth-order valence-corrected chi connectivity index (χ4v) is 2.62. The highest BCUT2D eigenvalue weighted by atomic mass is 32.2. The van der Waals surface area contributed by atoms with Crippen molar-refractivity contribution in [2.24, 2.45) is 15.9 Å². The van der Waals surface area contributed by atoms with Crippen LogP contribution in [0.1, 0.15) is 24.5 Å². The molecule has 2 N–H and O–H groups in total. The normalized spacial score (nSPS) is 11.7. The second kappa shape index (κ2) is 10.4. The van der Waals surface area contributed by atoms with Crippen molar-refractivity contribution in [3.8, 4) is 11.5 Å². The van der Waals surface area contributed by atoms with Crippen molar-refractivity contribution in [1.29, 1.82) is 0 Å². The van der Waals surface area contributed by atoms with Crippen molar-refractivity contribution in [2.75, 3.05) is 13.7 Å². The third-order valence-electron chi connectivity index (χ3n) is 3.24. The lowest BCUT2D eigenvalue weighted by atomic mass is 10.2. The molecule has 0 radical (unpaired) electrons.